The van der Waals surface area contributed by atoms with Gasteiger partial charge >= 0.3 is 5.97 Å². The van der Waals surface area contributed by atoms with E-state index < -0.39 is 5.97 Å². The van der Waals surface area contributed by atoms with Crippen molar-refractivity contribution in [2.45, 2.75) is 38.6 Å². The standard InChI is InChI=1S/C18H20ClNO4/c1-11-4-2-3-5-14(11)20-17(21)10-23-18(22)16-9-12-8-13(19)6-7-15(12)24-16/h6-9,11,14H,2-5,10H2,1H3,(H,20,21)/t11-,14+/m1/s1. The molecule has 24 heavy (non-hydrogen) atoms. The van der Waals surface area contributed by atoms with E-state index >= 15 is 0 Å². The lowest BCUT2D eigenvalue weighted by atomic mass is 9.86. The molecule has 6 heteroatoms. The summed E-state index contributed by atoms with van der Waals surface area (Å²) in [7, 11) is 0. The Morgan fingerprint density at radius 1 is 1.29 bits per heavy atom. The molecule has 1 N–H and O–H groups in total. The molecule has 2 atom stereocenters. The summed E-state index contributed by atoms with van der Waals surface area (Å²) in [5, 5.41) is 4.22. The quantitative estimate of drug-likeness (QED) is 0.849. The third-order valence-corrected chi connectivity index (χ3v) is 4.71. The first kappa shape index (κ1) is 16.8. The molecule has 1 fully saturated rings. The molecule has 1 amide bonds. The Hall–Kier alpha value is -2.01. The summed E-state index contributed by atoms with van der Waals surface area (Å²) >= 11 is 5.90. The molecule has 128 valence electrons. The van der Waals surface area contributed by atoms with E-state index in [-0.39, 0.29) is 24.3 Å². The summed E-state index contributed by atoms with van der Waals surface area (Å²) in [5.41, 5.74) is 0.548. The highest BCUT2D eigenvalue weighted by molar-refractivity contribution is 6.31. The van der Waals surface area contributed by atoms with Crippen molar-refractivity contribution >= 4 is 34.4 Å². The number of nitrogens with one attached hydrogen (secondary N) is 1. The smallest absolute Gasteiger partial charge is 0.374 e. The molecule has 1 aromatic carbocycles. The molecule has 1 aromatic heterocycles. The summed E-state index contributed by atoms with van der Waals surface area (Å²) in [4.78, 5) is 24.0. The summed E-state index contributed by atoms with van der Waals surface area (Å²) in [6.07, 6.45) is 4.42. The van der Waals surface area contributed by atoms with E-state index in [1.54, 1.807) is 24.3 Å². The number of carbonyl (C=O) groups is 2. The number of hydrogen-bond acceptors (Lipinski definition) is 4. The molecule has 0 unspecified atom stereocenters. The van der Waals surface area contributed by atoms with Gasteiger partial charge in [0.2, 0.25) is 5.76 Å². The topological polar surface area (TPSA) is 68.5 Å². The van der Waals surface area contributed by atoms with Crippen LogP contribution in [0.25, 0.3) is 11.0 Å². The van der Waals surface area contributed by atoms with Crippen molar-refractivity contribution in [3.05, 3.63) is 35.0 Å². The van der Waals surface area contributed by atoms with Gasteiger partial charge in [0.1, 0.15) is 5.58 Å². The Bertz CT molecular complexity index is 755. The molecule has 0 saturated heterocycles. The predicted octanol–water partition coefficient (Wildman–Crippen LogP) is 3.94. The van der Waals surface area contributed by atoms with Crippen molar-refractivity contribution < 1.29 is 18.7 Å². The van der Waals surface area contributed by atoms with Gasteiger partial charge in [-0.3, -0.25) is 4.79 Å². The molecular weight excluding hydrogens is 330 g/mol. The van der Waals surface area contributed by atoms with Gasteiger partial charge in [0.25, 0.3) is 5.91 Å². The molecule has 0 bridgehead atoms. The van der Waals surface area contributed by atoms with E-state index in [0.717, 1.165) is 24.6 Å². The highest BCUT2D eigenvalue weighted by atomic mass is 35.5. The lowest BCUT2D eigenvalue weighted by Crippen LogP contribution is -2.42. The average Bonchev–Trinajstić information content (AvgIpc) is 2.98. The monoisotopic (exact) mass is 349 g/mol. The molecule has 3 rings (SSSR count). The maximum absolute atomic E-state index is 12.0. The lowest BCUT2D eigenvalue weighted by molar-refractivity contribution is -0.125. The second-order valence-electron chi connectivity index (χ2n) is 6.30. The zero-order valence-corrected chi connectivity index (χ0v) is 14.3. The van der Waals surface area contributed by atoms with E-state index in [2.05, 4.69) is 12.2 Å². The third-order valence-electron chi connectivity index (χ3n) is 4.47. The zero-order valence-electron chi connectivity index (χ0n) is 13.5. The third kappa shape index (κ3) is 3.90. The van der Waals surface area contributed by atoms with Crippen molar-refractivity contribution in [3.63, 3.8) is 0 Å². The van der Waals surface area contributed by atoms with Crippen LogP contribution in [-0.2, 0) is 9.53 Å². The molecule has 1 heterocycles. The van der Waals surface area contributed by atoms with Crippen molar-refractivity contribution in [2.75, 3.05) is 6.61 Å². The van der Waals surface area contributed by atoms with Crippen molar-refractivity contribution in [3.8, 4) is 0 Å². The number of furan rings is 1. The van der Waals surface area contributed by atoms with E-state index in [1.165, 1.54) is 6.42 Å². The van der Waals surface area contributed by atoms with Gasteiger partial charge in [0.05, 0.1) is 0 Å². The van der Waals surface area contributed by atoms with Crippen molar-refractivity contribution in [2.24, 2.45) is 5.92 Å². The maximum atomic E-state index is 12.0. The highest BCUT2D eigenvalue weighted by Crippen LogP contribution is 2.24. The maximum Gasteiger partial charge on any atom is 0.374 e. The number of amides is 1. The number of benzene rings is 1. The molecule has 1 aliphatic rings. The summed E-state index contributed by atoms with van der Waals surface area (Å²) in [6.45, 7) is 1.83. The Morgan fingerprint density at radius 3 is 2.88 bits per heavy atom. The Morgan fingerprint density at radius 2 is 2.08 bits per heavy atom. The van der Waals surface area contributed by atoms with Gasteiger partial charge < -0.3 is 14.5 Å². The van der Waals surface area contributed by atoms with Crippen LogP contribution < -0.4 is 5.32 Å². The van der Waals surface area contributed by atoms with Gasteiger partial charge in [0.15, 0.2) is 6.61 Å². The summed E-state index contributed by atoms with van der Waals surface area (Å²) in [6, 6.07) is 6.80. The van der Waals surface area contributed by atoms with Gasteiger partial charge in [-0.15, -0.1) is 0 Å². The minimum atomic E-state index is -0.658. The SMILES string of the molecule is C[C@@H]1CCCC[C@@H]1NC(=O)COC(=O)c1cc2cc(Cl)ccc2o1. The number of fused-ring (bicyclic) bond motifs is 1. The van der Waals surface area contributed by atoms with Gasteiger partial charge in [0, 0.05) is 16.5 Å². The molecule has 2 aromatic rings. The first-order valence-corrected chi connectivity index (χ1v) is 8.56. The zero-order chi connectivity index (χ0) is 17.1. The predicted molar refractivity (Wildman–Crippen MR) is 91.1 cm³/mol. The number of rotatable bonds is 4. The van der Waals surface area contributed by atoms with Gasteiger partial charge in [-0.25, -0.2) is 4.79 Å². The van der Waals surface area contributed by atoms with E-state index in [4.69, 9.17) is 20.8 Å². The normalized spacial score (nSPS) is 20.8. The van der Waals surface area contributed by atoms with E-state index in [1.807, 2.05) is 0 Å². The van der Waals surface area contributed by atoms with Crippen LogP contribution in [0.3, 0.4) is 0 Å². The number of ether oxygens (including phenoxy) is 1. The largest absolute Gasteiger partial charge is 0.450 e. The van der Waals surface area contributed by atoms with Crippen molar-refractivity contribution in [1.29, 1.82) is 0 Å². The minimum Gasteiger partial charge on any atom is -0.450 e. The fraction of sp³-hybridized carbons (Fsp3) is 0.444. The number of carbonyl (C=O) groups excluding carboxylic acids is 2. The van der Waals surface area contributed by atoms with Crippen LogP contribution in [0.4, 0.5) is 0 Å². The van der Waals surface area contributed by atoms with Crippen LogP contribution in [-0.4, -0.2) is 24.5 Å². The second kappa shape index (κ2) is 7.26. The first-order valence-electron chi connectivity index (χ1n) is 8.18. The number of esters is 1. The van der Waals surface area contributed by atoms with Crippen molar-refractivity contribution in [1.82, 2.24) is 5.32 Å². The minimum absolute atomic E-state index is 0.0612. The molecule has 1 aliphatic carbocycles. The van der Waals surface area contributed by atoms with Crippen LogP contribution in [0.1, 0.15) is 43.2 Å². The van der Waals surface area contributed by atoms with Crippen LogP contribution in [0, 0.1) is 5.92 Å². The second-order valence-corrected chi connectivity index (χ2v) is 6.74. The van der Waals surface area contributed by atoms with E-state index in [9.17, 15) is 9.59 Å². The van der Waals surface area contributed by atoms with Crippen LogP contribution in [0.2, 0.25) is 5.02 Å². The van der Waals surface area contributed by atoms with Gasteiger partial charge in [-0.2, -0.15) is 0 Å². The fourth-order valence-electron chi connectivity index (χ4n) is 3.10. The Kier molecular flexibility index (Phi) is 5.09. The Balaban J connectivity index is 1.55. The molecule has 5 nitrogen and oxygen atoms in total. The summed E-state index contributed by atoms with van der Waals surface area (Å²) < 4.78 is 10.5. The Labute approximate surface area is 145 Å². The van der Waals surface area contributed by atoms with Crippen LogP contribution in [0.15, 0.2) is 28.7 Å². The van der Waals surface area contributed by atoms with Crippen LogP contribution in [0.5, 0.6) is 0 Å². The average molecular weight is 350 g/mol. The van der Waals surface area contributed by atoms with Crippen LogP contribution >= 0.6 is 11.6 Å². The number of halogens is 1. The van der Waals surface area contributed by atoms with E-state index in [0.29, 0.717) is 16.5 Å². The fourth-order valence-corrected chi connectivity index (χ4v) is 3.28. The highest BCUT2D eigenvalue weighted by Gasteiger charge is 2.23. The summed E-state index contributed by atoms with van der Waals surface area (Å²) in [5.74, 6) is -0.417. The lowest BCUT2D eigenvalue weighted by Gasteiger charge is -2.29. The van der Waals surface area contributed by atoms with Gasteiger partial charge in [-0.1, -0.05) is 31.4 Å². The first-order chi connectivity index (χ1) is 11.5. The molecular formula is C18H20ClNO4. The molecule has 0 radical (unpaired) electrons. The molecule has 0 aliphatic heterocycles. The molecule has 0 spiro atoms. The number of hydrogen-bond donors (Lipinski definition) is 1. The van der Waals surface area contributed by atoms with Gasteiger partial charge in [-0.05, 0) is 43.0 Å². The molecule has 1 saturated carbocycles.